The highest BCUT2D eigenvalue weighted by Gasteiger charge is 2.25. The molecule has 2 amide bonds. The van der Waals surface area contributed by atoms with Crippen molar-refractivity contribution in [1.29, 1.82) is 0 Å². The molecular weight excluding hydrogens is 287 g/mol. The average molecular weight is 303 g/mol. The van der Waals surface area contributed by atoms with Crippen LogP contribution in [0.4, 0.5) is 14.9 Å². The maximum Gasteiger partial charge on any atom is 0.326 e. The highest BCUT2D eigenvalue weighted by atomic mass is 35.5. The number of anilines is 1. The minimum atomic E-state index is -1.14. The summed E-state index contributed by atoms with van der Waals surface area (Å²) in [5.41, 5.74) is -0.108. The molecule has 0 aliphatic rings. The van der Waals surface area contributed by atoms with Crippen molar-refractivity contribution in [3.63, 3.8) is 0 Å². The Balaban J connectivity index is 2.75. The van der Waals surface area contributed by atoms with E-state index in [0.29, 0.717) is 6.42 Å². The second-order valence-electron chi connectivity index (χ2n) is 4.42. The molecule has 0 spiro atoms. The van der Waals surface area contributed by atoms with Crippen LogP contribution >= 0.6 is 11.6 Å². The van der Waals surface area contributed by atoms with E-state index in [1.165, 1.54) is 12.1 Å². The lowest BCUT2D eigenvalue weighted by molar-refractivity contribution is -0.140. The zero-order valence-corrected chi connectivity index (χ0v) is 11.9. The molecule has 110 valence electrons. The molecule has 3 N–H and O–H groups in total. The van der Waals surface area contributed by atoms with Gasteiger partial charge in [-0.25, -0.2) is 14.0 Å². The summed E-state index contributed by atoms with van der Waals surface area (Å²) in [4.78, 5) is 22.8. The molecule has 0 fully saturated rings. The Morgan fingerprint density at radius 3 is 2.65 bits per heavy atom. The Morgan fingerprint density at radius 1 is 1.45 bits per heavy atom. The lowest BCUT2D eigenvalue weighted by atomic mass is 9.99. The maximum absolute atomic E-state index is 13.4. The van der Waals surface area contributed by atoms with Gasteiger partial charge >= 0.3 is 12.0 Å². The van der Waals surface area contributed by atoms with E-state index in [1.54, 1.807) is 6.92 Å². The van der Waals surface area contributed by atoms with E-state index in [0.717, 1.165) is 6.07 Å². The Kier molecular flexibility index (Phi) is 5.76. The molecule has 20 heavy (non-hydrogen) atoms. The van der Waals surface area contributed by atoms with Crippen LogP contribution in [-0.4, -0.2) is 23.1 Å². The van der Waals surface area contributed by atoms with E-state index in [4.69, 9.17) is 16.7 Å². The van der Waals surface area contributed by atoms with E-state index in [2.05, 4.69) is 10.6 Å². The molecule has 1 aromatic rings. The number of halogens is 2. The van der Waals surface area contributed by atoms with Gasteiger partial charge in [-0.2, -0.15) is 0 Å². The van der Waals surface area contributed by atoms with Crippen molar-refractivity contribution in [3.8, 4) is 0 Å². The SMILES string of the molecule is CC[C@H](C)[C@H](NC(=O)Nc1cc(Cl)ccc1F)C(=O)O. The second kappa shape index (κ2) is 7.09. The summed E-state index contributed by atoms with van der Waals surface area (Å²) in [5.74, 6) is -2.04. The summed E-state index contributed by atoms with van der Waals surface area (Å²) in [5, 5.41) is 13.9. The van der Waals surface area contributed by atoms with Crippen LogP contribution in [0.15, 0.2) is 18.2 Å². The number of carbonyl (C=O) groups is 2. The minimum absolute atomic E-state index is 0.108. The zero-order valence-electron chi connectivity index (χ0n) is 11.1. The summed E-state index contributed by atoms with van der Waals surface area (Å²) >= 11 is 5.70. The van der Waals surface area contributed by atoms with Crippen LogP contribution in [-0.2, 0) is 4.79 Å². The fraction of sp³-hybridized carbons (Fsp3) is 0.385. The number of carboxylic acids is 1. The van der Waals surface area contributed by atoms with Gasteiger partial charge in [-0.3, -0.25) is 0 Å². The van der Waals surface area contributed by atoms with Crippen LogP contribution in [0.5, 0.6) is 0 Å². The smallest absolute Gasteiger partial charge is 0.326 e. The predicted octanol–water partition coefficient (Wildman–Crippen LogP) is 3.10. The first kappa shape index (κ1) is 16.2. The Morgan fingerprint density at radius 2 is 2.10 bits per heavy atom. The number of aliphatic carboxylic acids is 1. The number of amides is 2. The van der Waals surface area contributed by atoms with Gasteiger partial charge in [0.15, 0.2) is 0 Å². The molecule has 7 heteroatoms. The average Bonchev–Trinajstić information content (AvgIpc) is 2.39. The van der Waals surface area contributed by atoms with Gasteiger partial charge < -0.3 is 15.7 Å². The number of hydrogen-bond acceptors (Lipinski definition) is 2. The highest BCUT2D eigenvalue weighted by Crippen LogP contribution is 2.19. The van der Waals surface area contributed by atoms with E-state index in [-0.39, 0.29) is 16.6 Å². The number of carboxylic acid groups (broad SMARTS) is 1. The van der Waals surface area contributed by atoms with Gasteiger partial charge in [0.05, 0.1) is 5.69 Å². The summed E-state index contributed by atoms with van der Waals surface area (Å²) in [6.45, 7) is 3.52. The lowest BCUT2D eigenvalue weighted by Crippen LogP contribution is -2.46. The normalized spacial score (nSPS) is 13.4. The van der Waals surface area contributed by atoms with Crippen molar-refractivity contribution < 1.29 is 19.1 Å². The molecule has 0 radical (unpaired) electrons. The Hall–Kier alpha value is -1.82. The van der Waals surface area contributed by atoms with Crippen molar-refractivity contribution >= 4 is 29.3 Å². The second-order valence-corrected chi connectivity index (χ2v) is 4.86. The van der Waals surface area contributed by atoms with Gasteiger partial charge in [0.1, 0.15) is 11.9 Å². The third-order valence-electron chi connectivity index (χ3n) is 2.94. The van der Waals surface area contributed by atoms with Gasteiger partial charge in [-0.15, -0.1) is 0 Å². The van der Waals surface area contributed by atoms with Crippen molar-refractivity contribution in [3.05, 3.63) is 29.0 Å². The number of benzene rings is 1. The first-order chi connectivity index (χ1) is 9.35. The molecule has 0 aromatic heterocycles. The van der Waals surface area contributed by atoms with Crippen LogP contribution < -0.4 is 10.6 Å². The predicted molar refractivity (Wildman–Crippen MR) is 74.4 cm³/mol. The number of hydrogen-bond donors (Lipinski definition) is 3. The molecular formula is C13H16ClFN2O3. The van der Waals surface area contributed by atoms with Crippen LogP contribution in [0.3, 0.4) is 0 Å². The molecule has 0 aliphatic carbocycles. The highest BCUT2D eigenvalue weighted by molar-refractivity contribution is 6.30. The maximum atomic E-state index is 13.4. The lowest BCUT2D eigenvalue weighted by Gasteiger charge is -2.20. The fourth-order valence-electron chi connectivity index (χ4n) is 1.58. The van der Waals surface area contributed by atoms with E-state index in [1.807, 2.05) is 6.92 Å². The van der Waals surface area contributed by atoms with Gasteiger partial charge in [-0.05, 0) is 24.1 Å². The molecule has 2 atom stereocenters. The zero-order chi connectivity index (χ0) is 15.3. The summed E-state index contributed by atoms with van der Waals surface area (Å²) in [7, 11) is 0. The number of carbonyl (C=O) groups excluding carboxylic acids is 1. The van der Waals surface area contributed by atoms with Crippen molar-refractivity contribution in [2.45, 2.75) is 26.3 Å². The monoisotopic (exact) mass is 302 g/mol. The van der Waals surface area contributed by atoms with E-state index in [9.17, 15) is 14.0 Å². The molecule has 0 heterocycles. The first-order valence-electron chi connectivity index (χ1n) is 6.10. The Bertz CT molecular complexity index is 510. The molecule has 1 rings (SSSR count). The third-order valence-corrected chi connectivity index (χ3v) is 3.18. The number of rotatable bonds is 5. The van der Waals surface area contributed by atoms with Crippen LogP contribution in [0.1, 0.15) is 20.3 Å². The number of urea groups is 1. The van der Waals surface area contributed by atoms with E-state index >= 15 is 0 Å². The minimum Gasteiger partial charge on any atom is -0.480 e. The number of nitrogens with one attached hydrogen (secondary N) is 2. The molecule has 0 saturated heterocycles. The molecule has 0 aliphatic heterocycles. The topological polar surface area (TPSA) is 78.4 Å². The van der Waals surface area contributed by atoms with Gasteiger partial charge in [0.25, 0.3) is 0 Å². The third kappa shape index (κ3) is 4.38. The quantitative estimate of drug-likeness (QED) is 0.782. The first-order valence-corrected chi connectivity index (χ1v) is 6.48. The molecule has 1 aromatic carbocycles. The molecule has 0 unspecified atom stereocenters. The van der Waals surface area contributed by atoms with Crippen molar-refractivity contribution in [2.75, 3.05) is 5.32 Å². The van der Waals surface area contributed by atoms with Crippen LogP contribution in [0, 0.1) is 11.7 Å². The van der Waals surface area contributed by atoms with Gasteiger partial charge in [0, 0.05) is 5.02 Å². The van der Waals surface area contributed by atoms with Crippen LogP contribution in [0.2, 0.25) is 5.02 Å². The van der Waals surface area contributed by atoms with Gasteiger partial charge in [-0.1, -0.05) is 31.9 Å². The van der Waals surface area contributed by atoms with Crippen molar-refractivity contribution in [2.24, 2.45) is 5.92 Å². The van der Waals surface area contributed by atoms with Gasteiger partial charge in [0.2, 0.25) is 0 Å². The Labute approximate surface area is 121 Å². The summed E-state index contributed by atoms with van der Waals surface area (Å²) in [6.07, 6.45) is 0.586. The largest absolute Gasteiger partial charge is 0.480 e. The summed E-state index contributed by atoms with van der Waals surface area (Å²) in [6, 6.07) is 1.87. The fourth-order valence-corrected chi connectivity index (χ4v) is 1.75. The molecule has 0 saturated carbocycles. The van der Waals surface area contributed by atoms with Crippen molar-refractivity contribution in [1.82, 2.24) is 5.32 Å². The standard InChI is InChI=1S/C13H16ClFN2O3/c1-3-7(2)11(12(18)19)17-13(20)16-10-6-8(14)4-5-9(10)15/h4-7,11H,3H2,1-2H3,(H,18,19)(H2,16,17,20)/t7-,11-/m0/s1. The molecule has 5 nitrogen and oxygen atoms in total. The molecule has 0 bridgehead atoms. The summed E-state index contributed by atoms with van der Waals surface area (Å²) < 4.78 is 13.4. The van der Waals surface area contributed by atoms with Crippen LogP contribution in [0.25, 0.3) is 0 Å². The van der Waals surface area contributed by atoms with E-state index < -0.39 is 23.9 Å².